The summed E-state index contributed by atoms with van der Waals surface area (Å²) in [5.41, 5.74) is 6.38. The number of halogens is 1. The average molecular weight is 273 g/mol. The minimum atomic E-state index is 0.501. The van der Waals surface area contributed by atoms with Crippen molar-refractivity contribution in [2.45, 2.75) is 6.92 Å². The van der Waals surface area contributed by atoms with Gasteiger partial charge in [0.1, 0.15) is 12.4 Å². The molecule has 0 unspecified atom stereocenters. The molecule has 0 heterocycles. The van der Waals surface area contributed by atoms with Gasteiger partial charge in [-0.05, 0) is 18.6 Å². The highest BCUT2D eigenvalue weighted by Gasteiger charge is 2.03. The van der Waals surface area contributed by atoms with Crippen molar-refractivity contribution in [2.24, 2.45) is 5.73 Å². The van der Waals surface area contributed by atoms with Gasteiger partial charge in [0.2, 0.25) is 0 Å². The van der Waals surface area contributed by atoms with E-state index in [-0.39, 0.29) is 0 Å². The van der Waals surface area contributed by atoms with Gasteiger partial charge in [-0.2, -0.15) is 0 Å². The maximum atomic E-state index is 6.04. The van der Waals surface area contributed by atoms with Gasteiger partial charge in [0.15, 0.2) is 0 Å². The first-order chi connectivity index (χ1) is 8.75. The number of rotatable bonds is 9. The number of ether oxygens (including phenoxy) is 2. The van der Waals surface area contributed by atoms with Crippen LogP contribution in [-0.4, -0.2) is 39.5 Å². The minimum Gasteiger partial charge on any atom is -0.489 e. The third kappa shape index (κ3) is 5.69. The van der Waals surface area contributed by atoms with Gasteiger partial charge in [-0.15, -0.1) is 0 Å². The molecule has 0 aromatic heterocycles. The van der Waals surface area contributed by atoms with Gasteiger partial charge in [-0.25, -0.2) is 0 Å². The predicted molar refractivity (Wildman–Crippen MR) is 74.4 cm³/mol. The van der Waals surface area contributed by atoms with Crippen molar-refractivity contribution in [3.63, 3.8) is 0 Å². The molecule has 0 radical (unpaired) electrons. The van der Waals surface area contributed by atoms with Crippen LogP contribution in [0.5, 0.6) is 5.75 Å². The van der Waals surface area contributed by atoms with E-state index < -0.39 is 0 Å². The van der Waals surface area contributed by atoms with Crippen molar-refractivity contribution in [3.8, 4) is 5.75 Å². The van der Waals surface area contributed by atoms with Crippen LogP contribution in [0.25, 0.3) is 0 Å². The molecule has 0 bridgehead atoms. The Morgan fingerprint density at radius 1 is 1.22 bits per heavy atom. The SMILES string of the molecule is Cc1cccc(Cl)c1OCCOCCNCCN. The summed E-state index contributed by atoms with van der Waals surface area (Å²) < 4.78 is 11.0. The van der Waals surface area contributed by atoms with E-state index in [1.54, 1.807) is 0 Å². The lowest BCUT2D eigenvalue weighted by molar-refractivity contribution is 0.102. The minimum absolute atomic E-state index is 0.501. The molecule has 1 rings (SSSR count). The van der Waals surface area contributed by atoms with Crippen LogP contribution in [0.15, 0.2) is 18.2 Å². The molecule has 0 saturated carbocycles. The maximum Gasteiger partial charge on any atom is 0.140 e. The average Bonchev–Trinajstić information content (AvgIpc) is 2.35. The van der Waals surface area contributed by atoms with Crippen molar-refractivity contribution < 1.29 is 9.47 Å². The number of hydrogen-bond acceptors (Lipinski definition) is 4. The van der Waals surface area contributed by atoms with E-state index in [4.69, 9.17) is 26.8 Å². The fourth-order valence-electron chi connectivity index (χ4n) is 1.48. The molecule has 1 aromatic rings. The van der Waals surface area contributed by atoms with Gasteiger partial charge >= 0.3 is 0 Å². The normalized spacial score (nSPS) is 10.6. The Labute approximate surface area is 113 Å². The molecule has 5 heteroatoms. The lowest BCUT2D eigenvalue weighted by Crippen LogP contribution is -2.26. The van der Waals surface area contributed by atoms with Crippen LogP contribution in [0.2, 0.25) is 5.02 Å². The summed E-state index contributed by atoms with van der Waals surface area (Å²) in [5.74, 6) is 0.740. The zero-order valence-electron chi connectivity index (χ0n) is 10.7. The summed E-state index contributed by atoms with van der Waals surface area (Å²) in [6.45, 7) is 5.95. The number of hydrogen-bond donors (Lipinski definition) is 2. The number of nitrogens with one attached hydrogen (secondary N) is 1. The Hall–Kier alpha value is -0.810. The van der Waals surface area contributed by atoms with Crippen molar-refractivity contribution in [3.05, 3.63) is 28.8 Å². The molecule has 0 spiro atoms. The van der Waals surface area contributed by atoms with Gasteiger partial charge < -0.3 is 20.5 Å². The number of nitrogens with two attached hydrogens (primary N) is 1. The molecule has 0 atom stereocenters. The lowest BCUT2D eigenvalue weighted by Gasteiger charge is -2.11. The molecule has 4 nitrogen and oxygen atoms in total. The topological polar surface area (TPSA) is 56.5 Å². The van der Waals surface area contributed by atoms with Gasteiger partial charge in [0, 0.05) is 19.6 Å². The van der Waals surface area contributed by atoms with Crippen LogP contribution >= 0.6 is 11.6 Å². The van der Waals surface area contributed by atoms with Crippen molar-refractivity contribution >= 4 is 11.6 Å². The van der Waals surface area contributed by atoms with Gasteiger partial charge in [-0.3, -0.25) is 0 Å². The summed E-state index contributed by atoms with van der Waals surface area (Å²) in [5, 5.41) is 3.79. The third-order valence-electron chi connectivity index (χ3n) is 2.38. The van der Waals surface area contributed by atoms with Crippen LogP contribution < -0.4 is 15.8 Å². The van der Waals surface area contributed by atoms with Crippen molar-refractivity contribution in [2.75, 3.05) is 39.5 Å². The van der Waals surface area contributed by atoms with Crippen molar-refractivity contribution in [1.82, 2.24) is 5.32 Å². The first-order valence-corrected chi connectivity index (χ1v) is 6.50. The first-order valence-electron chi connectivity index (χ1n) is 6.12. The van der Waals surface area contributed by atoms with Gasteiger partial charge in [0.25, 0.3) is 0 Å². The monoisotopic (exact) mass is 272 g/mol. The Morgan fingerprint density at radius 2 is 2.06 bits per heavy atom. The summed E-state index contributed by atoms with van der Waals surface area (Å²) in [6.07, 6.45) is 0. The van der Waals surface area contributed by atoms with Crippen LogP contribution in [0.4, 0.5) is 0 Å². The maximum absolute atomic E-state index is 6.04. The highest BCUT2D eigenvalue weighted by molar-refractivity contribution is 6.32. The Morgan fingerprint density at radius 3 is 2.78 bits per heavy atom. The van der Waals surface area contributed by atoms with Gasteiger partial charge in [0.05, 0.1) is 18.2 Å². The Kier molecular flexibility index (Phi) is 7.76. The molecular formula is C13H21ClN2O2. The molecule has 0 fully saturated rings. The second kappa shape index (κ2) is 9.16. The zero-order chi connectivity index (χ0) is 13.2. The fraction of sp³-hybridized carbons (Fsp3) is 0.538. The molecule has 1 aromatic carbocycles. The second-order valence-electron chi connectivity index (χ2n) is 3.89. The third-order valence-corrected chi connectivity index (χ3v) is 2.68. The Bertz CT molecular complexity index is 328. The first kappa shape index (κ1) is 15.2. The number of benzene rings is 1. The number of aryl methyl sites for hydroxylation is 1. The fourth-order valence-corrected chi connectivity index (χ4v) is 1.75. The summed E-state index contributed by atoms with van der Waals surface area (Å²) in [7, 11) is 0. The molecule has 3 N–H and O–H groups in total. The highest BCUT2D eigenvalue weighted by atomic mass is 35.5. The van der Waals surface area contributed by atoms with E-state index in [2.05, 4.69) is 5.32 Å². The Balaban J connectivity index is 2.11. The molecule has 0 aliphatic rings. The number of para-hydroxylation sites is 1. The summed E-state index contributed by atoms with van der Waals surface area (Å²) in [4.78, 5) is 0. The highest BCUT2D eigenvalue weighted by Crippen LogP contribution is 2.27. The molecule has 0 aliphatic heterocycles. The van der Waals surface area contributed by atoms with E-state index >= 15 is 0 Å². The zero-order valence-corrected chi connectivity index (χ0v) is 11.5. The molecule has 0 saturated heterocycles. The molecule has 18 heavy (non-hydrogen) atoms. The quantitative estimate of drug-likeness (QED) is 0.671. The standard InChI is InChI=1S/C13H21ClN2O2/c1-11-3-2-4-12(14)13(11)18-10-9-17-8-7-16-6-5-15/h2-4,16H,5-10,15H2,1H3. The van der Waals surface area contributed by atoms with E-state index in [9.17, 15) is 0 Å². The van der Waals surface area contributed by atoms with E-state index in [1.165, 1.54) is 0 Å². The lowest BCUT2D eigenvalue weighted by atomic mass is 10.2. The largest absolute Gasteiger partial charge is 0.489 e. The van der Waals surface area contributed by atoms with E-state index in [1.807, 2.05) is 25.1 Å². The van der Waals surface area contributed by atoms with Crippen LogP contribution in [0.1, 0.15) is 5.56 Å². The van der Waals surface area contributed by atoms with Crippen molar-refractivity contribution in [1.29, 1.82) is 0 Å². The summed E-state index contributed by atoms with van der Waals surface area (Å²) in [6, 6.07) is 5.70. The van der Waals surface area contributed by atoms with E-state index in [0.717, 1.165) is 24.4 Å². The van der Waals surface area contributed by atoms with Crippen LogP contribution in [0.3, 0.4) is 0 Å². The molecule has 0 amide bonds. The van der Waals surface area contributed by atoms with Gasteiger partial charge in [-0.1, -0.05) is 23.7 Å². The second-order valence-corrected chi connectivity index (χ2v) is 4.29. The predicted octanol–water partition coefficient (Wildman–Crippen LogP) is 1.59. The molecular weight excluding hydrogens is 252 g/mol. The summed E-state index contributed by atoms with van der Waals surface area (Å²) >= 11 is 6.04. The van der Waals surface area contributed by atoms with E-state index in [0.29, 0.717) is 31.4 Å². The molecule has 102 valence electrons. The van der Waals surface area contributed by atoms with Crippen LogP contribution in [0, 0.1) is 6.92 Å². The van der Waals surface area contributed by atoms with Crippen LogP contribution in [-0.2, 0) is 4.74 Å². The smallest absolute Gasteiger partial charge is 0.140 e. The molecule has 0 aliphatic carbocycles.